The molecule has 2 aromatic carbocycles. The third-order valence-electron chi connectivity index (χ3n) is 3.91. The van der Waals surface area contributed by atoms with Crippen LogP contribution in [0.1, 0.15) is 22.9 Å². The first-order valence-electron chi connectivity index (χ1n) is 7.34. The van der Waals surface area contributed by atoms with E-state index in [4.69, 9.17) is 0 Å². The molecule has 3 aromatic rings. The number of aryl methyl sites for hydroxylation is 1. The molecule has 1 N–H and O–H groups in total. The van der Waals surface area contributed by atoms with Crippen LogP contribution in [0.2, 0.25) is 0 Å². The Balaban J connectivity index is 1.98. The SMILES string of the molecule is CNC(Cc1cccc(C)c1)c1nccc2ccccc12. The molecule has 0 spiro atoms. The van der Waals surface area contributed by atoms with E-state index in [1.807, 2.05) is 13.2 Å². The van der Waals surface area contributed by atoms with Gasteiger partial charge < -0.3 is 5.32 Å². The van der Waals surface area contributed by atoms with Crippen LogP contribution in [-0.4, -0.2) is 12.0 Å². The minimum Gasteiger partial charge on any atom is -0.311 e. The van der Waals surface area contributed by atoms with Gasteiger partial charge in [0, 0.05) is 11.6 Å². The highest BCUT2D eigenvalue weighted by Gasteiger charge is 2.14. The van der Waals surface area contributed by atoms with Gasteiger partial charge in [-0.3, -0.25) is 4.98 Å². The monoisotopic (exact) mass is 276 g/mol. The predicted molar refractivity (Wildman–Crippen MR) is 88.4 cm³/mol. The second-order valence-corrected chi connectivity index (χ2v) is 5.45. The number of fused-ring (bicyclic) bond motifs is 1. The topological polar surface area (TPSA) is 24.9 Å². The van der Waals surface area contributed by atoms with Gasteiger partial charge in [0.15, 0.2) is 0 Å². The molecule has 21 heavy (non-hydrogen) atoms. The van der Waals surface area contributed by atoms with Gasteiger partial charge in [-0.1, -0.05) is 54.1 Å². The van der Waals surface area contributed by atoms with Crippen molar-refractivity contribution in [2.45, 2.75) is 19.4 Å². The van der Waals surface area contributed by atoms with E-state index >= 15 is 0 Å². The van der Waals surface area contributed by atoms with Gasteiger partial charge in [-0.15, -0.1) is 0 Å². The maximum atomic E-state index is 4.63. The van der Waals surface area contributed by atoms with Crippen molar-refractivity contribution in [3.05, 3.63) is 77.6 Å². The summed E-state index contributed by atoms with van der Waals surface area (Å²) < 4.78 is 0. The number of aromatic nitrogens is 1. The highest BCUT2D eigenvalue weighted by Crippen LogP contribution is 2.24. The average molecular weight is 276 g/mol. The number of hydrogen-bond acceptors (Lipinski definition) is 2. The van der Waals surface area contributed by atoms with E-state index in [0.29, 0.717) is 0 Å². The molecule has 0 fully saturated rings. The van der Waals surface area contributed by atoms with Crippen LogP contribution in [-0.2, 0) is 6.42 Å². The summed E-state index contributed by atoms with van der Waals surface area (Å²) >= 11 is 0. The number of rotatable bonds is 4. The summed E-state index contributed by atoms with van der Waals surface area (Å²) in [4.78, 5) is 4.63. The molecule has 1 aromatic heterocycles. The van der Waals surface area contributed by atoms with E-state index in [9.17, 15) is 0 Å². The van der Waals surface area contributed by atoms with Crippen molar-refractivity contribution in [3.8, 4) is 0 Å². The summed E-state index contributed by atoms with van der Waals surface area (Å²) in [5.74, 6) is 0. The average Bonchev–Trinajstić information content (AvgIpc) is 2.52. The fourth-order valence-electron chi connectivity index (χ4n) is 2.83. The van der Waals surface area contributed by atoms with Gasteiger partial charge in [-0.25, -0.2) is 0 Å². The highest BCUT2D eigenvalue weighted by atomic mass is 14.9. The van der Waals surface area contributed by atoms with Crippen molar-refractivity contribution in [2.75, 3.05) is 7.05 Å². The van der Waals surface area contributed by atoms with Gasteiger partial charge in [0.1, 0.15) is 0 Å². The Morgan fingerprint density at radius 2 is 1.90 bits per heavy atom. The Bertz CT molecular complexity index is 744. The molecule has 0 saturated heterocycles. The van der Waals surface area contributed by atoms with Crippen molar-refractivity contribution < 1.29 is 0 Å². The third-order valence-corrected chi connectivity index (χ3v) is 3.91. The molecule has 0 aliphatic rings. The molecular weight excluding hydrogens is 256 g/mol. The van der Waals surface area contributed by atoms with Crippen LogP contribution in [0, 0.1) is 6.92 Å². The van der Waals surface area contributed by atoms with Crippen molar-refractivity contribution in [1.29, 1.82) is 0 Å². The van der Waals surface area contributed by atoms with E-state index in [1.54, 1.807) is 0 Å². The van der Waals surface area contributed by atoms with Crippen LogP contribution in [0.3, 0.4) is 0 Å². The molecule has 1 unspecified atom stereocenters. The summed E-state index contributed by atoms with van der Waals surface area (Å²) in [6.45, 7) is 2.13. The molecule has 3 rings (SSSR count). The second-order valence-electron chi connectivity index (χ2n) is 5.45. The summed E-state index contributed by atoms with van der Waals surface area (Å²) in [5.41, 5.74) is 3.76. The van der Waals surface area contributed by atoms with Gasteiger partial charge in [0.05, 0.1) is 11.7 Å². The molecule has 0 saturated carbocycles. The standard InChI is InChI=1S/C19H20N2/c1-14-6-5-7-15(12-14)13-18(20-2)19-17-9-4-3-8-16(17)10-11-21-19/h3-12,18,20H,13H2,1-2H3. The summed E-state index contributed by atoms with van der Waals surface area (Å²) in [6.07, 6.45) is 2.84. The number of nitrogens with zero attached hydrogens (tertiary/aromatic N) is 1. The maximum Gasteiger partial charge on any atom is 0.0654 e. The Morgan fingerprint density at radius 3 is 2.71 bits per heavy atom. The van der Waals surface area contributed by atoms with Gasteiger partial charge in [-0.2, -0.15) is 0 Å². The summed E-state index contributed by atoms with van der Waals surface area (Å²) in [7, 11) is 2.00. The zero-order valence-corrected chi connectivity index (χ0v) is 12.5. The Hall–Kier alpha value is -2.19. The van der Waals surface area contributed by atoms with Crippen molar-refractivity contribution >= 4 is 10.8 Å². The minimum atomic E-state index is 0.220. The van der Waals surface area contributed by atoms with E-state index in [1.165, 1.54) is 21.9 Å². The van der Waals surface area contributed by atoms with Gasteiger partial charge in [0.25, 0.3) is 0 Å². The van der Waals surface area contributed by atoms with Crippen LogP contribution < -0.4 is 5.32 Å². The highest BCUT2D eigenvalue weighted by molar-refractivity contribution is 5.84. The summed E-state index contributed by atoms with van der Waals surface area (Å²) in [5, 5.41) is 5.89. The smallest absolute Gasteiger partial charge is 0.0654 e. The molecular formula is C19H20N2. The molecule has 1 atom stereocenters. The van der Waals surface area contributed by atoms with Crippen LogP contribution in [0.25, 0.3) is 10.8 Å². The van der Waals surface area contributed by atoms with Crippen LogP contribution in [0.5, 0.6) is 0 Å². The second kappa shape index (κ2) is 6.06. The maximum absolute atomic E-state index is 4.63. The molecule has 0 aliphatic heterocycles. The molecule has 0 aliphatic carbocycles. The van der Waals surface area contributed by atoms with Crippen LogP contribution >= 0.6 is 0 Å². The Kier molecular flexibility index (Phi) is 3.98. The van der Waals surface area contributed by atoms with Gasteiger partial charge in [0.2, 0.25) is 0 Å². The molecule has 0 bridgehead atoms. The normalized spacial score (nSPS) is 12.5. The van der Waals surface area contributed by atoms with Crippen LogP contribution in [0.15, 0.2) is 60.8 Å². The molecule has 106 valence electrons. The quantitative estimate of drug-likeness (QED) is 0.777. The Morgan fingerprint density at radius 1 is 1.05 bits per heavy atom. The zero-order valence-electron chi connectivity index (χ0n) is 12.5. The number of nitrogens with one attached hydrogen (secondary N) is 1. The first-order chi connectivity index (χ1) is 10.3. The Labute approximate surface area is 125 Å². The minimum absolute atomic E-state index is 0.220. The predicted octanol–water partition coefficient (Wildman–Crippen LogP) is 4.05. The third kappa shape index (κ3) is 2.96. The fraction of sp³-hybridized carbons (Fsp3) is 0.211. The zero-order chi connectivity index (χ0) is 14.7. The first-order valence-corrected chi connectivity index (χ1v) is 7.34. The molecule has 2 heteroatoms. The lowest BCUT2D eigenvalue weighted by Gasteiger charge is -2.18. The fourth-order valence-corrected chi connectivity index (χ4v) is 2.83. The number of benzene rings is 2. The van der Waals surface area contributed by atoms with E-state index < -0.39 is 0 Å². The van der Waals surface area contributed by atoms with Crippen molar-refractivity contribution in [3.63, 3.8) is 0 Å². The van der Waals surface area contributed by atoms with E-state index in [0.717, 1.165) is 12.1 Å². The molecule has 0 radical (unpaired) electrons. The van der Waals surface area contributed by atoms with Crippen LogP contribution in [0.4, 0.5) is 0 Å². The molecule has 0 amide bonds. The molecule has 1 heterocycles. The lowest BCUT2D eigenvalue weighted by atomic mass is 9.98. The van der Waals surface area contributed by atoms with E-state index in [2.05, 4.69) is 71.8 Å². The number of hydrogen-bond donors (Lipinski definition) is 1. The van der Waals surface area contributed by atoms with Gasteiger partial charge >= 0.3 is 0 Å². The van der Waals surface area contributed by atoms with Crippen molar-refractivity contribution in [1.82, 2.24) is 10.3 Å². The number of pyridine rings is 1. The number of likely N-dealkylation sites (N-methyl/N-ethyl adjacent to an activating group) is 1. The largest absolute Gasteiger partial charge is 0.311 e. The van der Waals surface area contributed by atoms with Crippen molar-refractivity contribution in [2.24, 2.45) is 0 Å². The summed E-state index contributed by atoms with van der Waals surface area (Å²) in [6, 6.07) is 19.4. The van der Waals surface area contributed by atoms with Gasteiger partial charge in [-0.05, 0) is 37.4 Å². The molecule has 2 nitrogen and oxygen atoms in total. The first kappa shape index (κ1) is 13.8. The van der Waals surface area contributed by atoms with E-state index in [-0.39, 0.29) is 6.04 Å². The lowest BCUT2D eigenvalue weighted by molar-refractivity contribution is 0.581. The lowest BCUT2D eigenvalue weighted by Crippen LogP contribution is -2.20.